The number of aliphatic imine (C=N–C) groups is 1. The van der Waals surface area contributed by atoms with Gasteiger partial charge in [-0.25, -0.2) is 0 Å². The summed E-state index contributed by atoms with van der Waals surface area (Å²) in [5.74, 6) is 0.695. The SMILES string of the molecule is CCC(=Nc1ccc(CN(C)CC)cc1)C1C(=O)Nc2cc(OC)c(OC)cc21. The molecule has 1 N–H and O–H groups in total. The van der Waals surface area contributed by atoms with E-state index in [2.05, 4.69) is 36.3 Å². The Morgan fingerprint density at radius 3 is 2.34 bits per heavy atom. The maximum absolute atomic E-state index is 12.8. The Morgan fingerprint density at radius 1 is 1.10 bits per heavy atom. The molecule has 2 aromatic rings. The second-order valence-corrected chi connectivity index (χ2v) is 7.17. The van der Waals surface area contributed by atoms with Gasteiger partial charge in [-0.1, -0.05) is 26.0 Å². The summed E-state index contributed by atoms with van der Waals surface area (Å²) in [6, 6.07) is 11.9. The maximum Gasteiger partial charge on any atom is 0.237 e. The maximum atomic E-state index is 12.8. The molecule has 1 heterocycles. The van der Waals surface area contributed by atoms with E-state index in [0.29, 0.717) is 17.9 Å². The number of nitrogens with one attached hydrogen (secondary N) is 1. The molecule has 0 saturated carbocycles. The second-order valence-electron chi connectivity index (χ2n) is 7.17. The van der Waals surface area contributed by atoms with Gasteiger partial charge in [-0.05, 0) is 49.3 Å². The highest BCUT2D eigenvalue weighted by molar-refractivity contribution is 6.19. The summed E-state index contributed by atoms with van der Waals surface area (Å²) < 4.78 is 10.8. The molecule has 0 aliphatic carbocycles. The molecule has 1 amide bonds. The molecule has 0 saturated heterocycles. The van der Waals surface area contributed by atoms with Crippen LogP contribution in [0.25, 0.3) is 0 Å². The molecule has 1 unspecified atom stereocenters. The second kappa shape index (κ2) is 9.09. The third kappa shape index (κ3) is 4.43. The minimum Gasteiger partial charge on any atom is -0.493 e. The van der Waals surface area contributed by atoms with Crippen molar-refractivity contribution in [1.29, 1.82) is 0 Å². The molecule has 0 aromatic heterocycles. The van der Waals surface area contributed by atoms with Crippen LogP contribution in [-0.4, -0.2) is 44.3 Å². The van der Waals surface area contributed by atoms with Crippen LogP contribution < -0.4 is 14.8 Å². The molecule has 0 fully saturated rings. The third-order valence-corrected chi connectivity index (χ3v) is 5.28. The summed E-state index contributed by atoms with van der Waals surface area (Å²) in [5.41, 5.74) is 4.54. The number of fused-ring (bicyclic) bond motifs is 1. The molecule has 0 bridgehead atoms. The van der Waals surface area contributed by atoms with E-state index in [-0.39, 0.29) is 5.91 Å². The average Bonchev–Trinajstić information content (AvgIpc) is 3.06. The van der Waals surface area contributed by atoms with Gasteiger partial charge >= 0.3 is 0 Å². The number of hydrogen-bond donors (Lipinski definition) is 1. The molecule has 0 spiro atoms. The monoisotopic (exact) mass is 395 g/mol. The Balaban J connectivity index is 1.92. The number of ether oxygens (including phenoxy) is 2. The van der Waals surface area contributed by atoms with Gasteiger partial charge < -0.3 is 19.7 Å². The first-order valence-corrected chi connectivity index (χ1v) is 9.92. The number of nitrogens with zero attached hydrogens (tertiary/aromatic N) is 2. The smallest absolute Gasteiger partial charge is 0.237 e. The lowest BCUT2D eigenvalue weighted by Crippen LogP contribution is -2.20. The summed E-state index contributed by atoms with van der Waals surface area (Å²) >= 11 is 0. The fourth-order valence-electron chi connectivity index (χ4n) is 3.53. The van der Waals surface area contributed by atoms with Gasteiger partial charge in [0.25, 0.3) is 0 Å². The Labute approximate surface area is 172 Å². The molecule has 0 radical (unpaired) electrons. The van der Waals surface area contributed by atoms with Crippen molar-refractivity contribution in [2.75, 3.05) is 33.1 Å². The van der Waals surface area contributed by atoms with Gasteiger partial charge in [-0.15, -0.1) is 0 Å². The zero-order chi connectivity index (χ0) is 21.0. The van der Waals surface area contributed by atoms with Crippen molar-refractivity contribution in [3.63, 3.8) is 0 Å². The highest BCUT2D eigenvalue weighted by atomic mass is 16.5. The first-order valence-electron chi connectivity index (χ1n) is 9.92. The minimum atomic E-state index is -0.430. The number of hydrogen-bond acceptors (Lipinski definition) is 5. The Hall–Kier alpha value is -2.86. The minimum absolute atomic E-state index is 0.0721. The number of methoxy groups -OCH3 is 2. The molecule has 154 valence electrons. The van der Waals surface area contributed by atoms with Gasteiger partial charge in [-0.2, -0.15) is 0 Å². The topological polar surface area (TPSA) is 63.2 Å². The third-order valence-electron chi connectivity index (χ3n) is 5.28. The summed E-state index contributed by atoms with van der Waals surface area (Å²) in [7, 11) is 5.27. The van der Waals surface area contributed by atoms with E-state index in [4.69, 9.17) is 14.5 Å². The largest absolute Gasteiger partial charge is 0.493 e. The Kier molecular flexibility index (Phi) is 6.54. The molecule has 1 atom stereocenters. The first kappa shape index (κ1) is 20.9. The summed E-state index contributed by atoms with van der Waals surface area (Å²) in [5, 5.41) is 2.95. The van der Waals surface area contributed by atoms with E-state index in [1.807, 2.05) is 25.1 Å². The van der Waals surface area contributed by atoms with Crippen molar-refractivity contribution >= 4 is 23.0 Å². The number of anilines is 1. The fourth-order valence-corrected chi connectivity index (χ4v) is 3.53. The Bertz CT molecular complexity index is 906. The van der Waals surface area contributed by atoms with Crippen LogP contribution in [0.5, 0.6) is 11.5 Å². The number of benzene rings is 2. The predicted octanol–water partition coefficient (Wildman–Crippen LogP) is 4.37. The Morgan fingerprint density at radius 2 is 1.76 bits per heavy atom. The lowest BCUT2D eigenvalue weighted by Gasteiger charge is -2.15. The van der Waals surface area contributed by atoms with Crippen molar-refractivity contribution in [3.05, 3.63) is 47.5 Å². The normalized spacial score (nSPS) is 16.0. The van der Waals surface area contributed by atoms with E-state index in [1.165, 1.54) is 5.56 Å². The molecule has 1 aliphatic rings. The van der Waals surface area contributed by atoms with Crippen LogP contribution >= 0.6 is 0 Å². The van der Waals surface area contributed by atoms with Crippen LogP contribution in [0, 0.1) is 0 Å². The van der Waals surface area contributed by atoms with Crippen LogP contribution in [-0.2, 0) is 11.3 Å². The van der Waals surface area contributed by atoms with E-state index in [9.17, 15) is 4.79 Å². The standard InChI is InChI=1S/C23H29N3O3/c1-6-18(24-16-10-8-15(9-11-16)14-26(3)7-2)22-17-12-20(28-4)21(29-5)13-19(17)25-23(22)27/h8-13,22H,6-7,14H2,1-5H3,(H,25,27). The highest BCUT2D eigenvalue weighted by Gasteiger charge is 2.35. The molecular weight excluding hydrogens is 366 g/mol. The molecule has 6 nitrogen and oxygen atoms in total. The van der Waals surface area contributed by atoms with Crippen LogP contribution in [0.2, 0.25) is 0 Å². The summed E-state index contributed by atoms with van der Waals surface area (Å²) in [6.45, 7) is 6.07. The van der Waals surface area contributed by atoms with Crippen molar-refractivity contribution in [2.45, 2.75) is 32.7 Å². The lowest BCUT2D eigenvalue weighted by atomic mass is 9.93. The summed E-state index contributed by atoms with van der Waals surface area (Å²) in [6.07, 6.45) is 0.673. The van der Waals surface area contributed by atoms with E-state index < -0.39 is 5.92 Å². The van der Waals surface area contributed by atoms with Gasteiger partial charge in [0.05, 0.1) is 19.9 Å². The van der Waals surface area contributed by atoms with Gasteiger partial charge in [0, 0.05) is 24.0 Å². The zero-order valence-electron chi connectivity index (χ0n) is 17.8. The van der Waals surface area contributed by atoms with Gasteiger partial charge in [-0.3, -0.25) is 9.79 Å². The van der Waals surface area contributed by atoms with Gasteiger partial charge in [0.15, 0.2) is 11.5 Å². The molecular formula is C23H29N3O3. The fraction of sp³-hybridized carbons (Fsp3) is 0.391. The van der Waals surface area contributed by atoms with Gasteiger partial charge in [0.2, 0.25) is 5.91 Å². The summed E-state index contributed by atoms with van der Waals surface area (Å²) in [4.78, 5) is 19.8. The molecule has 3 rings (SSSR count). The number of amides is 1. The van der Waals surface area contributed by atoms with Crippen molar-refractivity contribution in [2.24, 2.45) is 4.99 Å². The zero-order valence-corrected chi connectivity index (χ0v) is 17.8. The first-order chi connectivity index (χ1) is 14.0. The van der Waals surface area contributed by atoms with Crippen LogP contribution in [0.1, 0.15) is 37.3 Å². The van der Waals surface area contributed by atoms with Crippen molar-refractivity contribution in [3.8, 4) is 11.5 Å². The molecule has 2 aromatic carbocycles. The van der Waals surface area contributed by atoms with Crippen molar-refractivity contribution < 1.29 is 14.3 Å². The van der Waals surface area contributed by atoms with Crippen molar-refractivity contribution in [1.82, 2.24) is 4.90 Å². The van der Waals surface area contributed by atoms with E-state index in [0.717, 1.165) is 35.7 Å². The molecule has 6 heteroatoms. The van der Waals surface area contributed by atoms with Crippen LogP contribution in [0.4, 0.5) is 11.4 Å². The highest BCUT2D eigenvalue weighted by Crippen LogP contribution is 2.42. The molecule has 1 aliphatic heterocycles. The predicted molar refractivity (Wildman–Crippen MR) is 117 cm³/mol. The van der Waals surface area contributed by atoms with Crippen LogP contribution in [0.3, 0.4) is 0 Å². The lowest BCUT2D eigenvalue weighted by molar-refractivity contribution is -0.115. The quantitative estimate of drug-likeness (QED) is 0.674. The number of carbonyl (C=O) groups is 1. The number of rotatable bonds is 8. The molecule has 29 heavy (non-hydrogen) atoms. The number of carbonyl (C=O) groups excluding carboxylic acids is 1. The van der Waals surface area contributed by atoms with E-state index in [1.54, 1.807) is 20.3 Å². The average molecular weight is 396 g/mol. The van der Waals surface area contributed by atoms with Gasteiger partial charge in [0.1, 0.15) is 5.92 Å². The van der Waals surface area contributed by atoms with E-state index >= 15 is 0 Å². The van der Waals surface area contributed by atoms with Crippen LogP contribution in [0.15, 0.2) is 41.4 Å².